The van der Waals surface area contributed by atoms with Crippen molar-refractivity contribution in [3.8, 4) is 0 Å². The van der Waals surface area contributed by atoms with Gasteiger partial charge in [0.1, 0.15) is 0 Å². The van der Waals surface area contributed by atoms with Crippen molar-refractivity contribution in [2.45, 2.75) is 53.6 Å². The van der Waals surface area contributed by atoms with Crippen LogP contribution in [-0.4, -0.2) is 28.9 Å². The maximum Gasteiger partial charge on any atom is 0.281 e. The fourth-order valence-electron chi connectivity index (χ4n) is 2.64. The number of aromatic nitrogens is 1. The van der Waals surface area contributed by atoms with Gasteiger partial charge in [0.25, 0.3) is 5.56 Å². The van der Waals surface area contributed by atoms with Crippen molar-refractivity contribution < 1.29 is 4.79 Å². The van der Waals surface area contributed by atoms with E-state index in [-0.39, 0.29) is 29.4 Å². The smallest absolute Gasteiger partial charge is 0.281 e. The number of carbonyl (C=O) groups is 1. The summed E-state index contributed by atoms with van der Waals surface area (Å²) < 4.78 is 0.848. The molecule has 0 radical (unpaired) electrons. The van der Waals surface area contributed by atoms with Gasteiger partial charge in [0.15, 0.2) is 5.13 Å². The maximum atomic E-state index is 12.6. The van der Waals surface area contributed by atoms with Crippen molar-refractivity contribution in [3.05, 3.63) is 28.6 Å². The van der Waals surface area contributed by atoms with Gasteiger partial charge in [-0.3, -0.25) is 9.59 Å². The number of alkyl halides is 1. The molecular weight excluding hydrogens is 370 g/mol. The number of carbonyl (C=O) groups excluding carboxylic acids is 1. The van der Waals surface area contributed by atoms with Gasteiger partial charge >= 0.3 is 0 Å². The van der Waals surface area contributed by atoms with E-state index in [4.69, 9.17) is 11.6 Å². The summed E-state index contributed by atoms with van der Waals surface area (Å²) in [6.45, 7) is 11.9. The Morgan fingerprint density at radius 2 is 1.88 bits per heavy atom. The summed E-state index contributed by atoms with van der Waals surface area (Å²) in [5, 5.41) is 4.05. The van der Waals surface area contributed by atoms with E-state index < -0.39 is 5.41 Å². The minimum absolute atomic E-state index is 0.182. The summed E-state index contributed by atoms with van der Waals surface area (Å²) in [7, 11) is 0. The largest absolute Gasteiger partial charge is 0.343 e. The van der Waals surface area contributed by atoms with Crippen LogP contribution in [0.4, 0.5) is 10.8 Å². The van der Waals surface area contributed by atoms with Crippen molar-refractivity contribution in [2.75, 3.05) is 16.1 Å². The fourth-order valence-corrected chi connectivity index (χ4v) is 4.01. The second-order valence-corrected chi connectivity index (χ2v) is 8.86. The number of nitrogens with zero attached hydrogens (tertiary/aromatic N) is 2. The first-order valence-electron chi connectivity index (χ1n) is 8.67. The van der Waals surface area contributed by atoms with Gasteiger partial charge in [-0.05, 0) is 59.7 Å². The van der Waals surface area contributed by atoms with Crippen molar-refractivity contribution in [1.29, 1.82) is 0 Å². The van der Waals surface area contributed by atoms with Gasteiger partial charge < -0.3 is 10.2 Å². The molecule has 0 fully saturated rings. The second-order valence-electron chi connectivity index (χ2n) is 7.58. The maximum absolute atomic E-state index is 12.6. The number of fused-ring (bicyclic) bond motifs is 1. The number of anilines is 2. The van der Waals surface area contributed by atoms with E-state index in [9.17, 15) is 9.59 Å². The highest BCUT2D eigenvalue weighted by Crippen LogP contribution is 2.29. The standard InChI is InChI=1S/C19H26ClN3O2S/c1-11(2)23(12(3)4)18-22-16(24)14-9-13(7-8-15(14)26-18)21-17(25)19(5,6)10-20/h7-9,11-12H,10H2,1-6H3,(H,21,25). The summed E-state index contributed by atoms with van der Waals surface area (Å²) in [4.78, 5) is 31.3. The first-order chi connectivity index (χ1) is 12.1. The molecule has 0 spiro atoms. The summed E-state index contributed by atoms with van der Waals surface area (Å²) in [6, 6.07) is 5.83. The van der Waals surface area contributed by atoms with Crippen LogP contribution in [0.2, 0.25) is 0 Å². The summed E-state index contributed by atoms with van der Waals surface area (Å²) >= 11 is 7.33. The molecule has 2 aromatic rings. The van der Waals surface area contributed by atoms with Gasteiger partial charge in [-0.1, -0.05) is 11.3 Å². The molecule has 0 saturated carbocycles. The molecule has 2 rings (SSSR count). The zero-order valence-electron chi connectivity index (χ0n) is 16.1. The Bertz CT molecular complexity index is 853. The zero-order valence-corrected chi connectivity index (χ0v) is 17.7. The number of hydrogen-bond acceptors (Lipinski definition) is 5. The minimum atomic E-state index is -0.684. The van der Waals surface area contributed by atoms with Gasteiger partial charge in [-0.25, -0.2) is 0 Å². The second kappa shape index (κ2) is 7.92. The summed E-state index contributed by atoms with van der Waals surface area (Å²) in [5.74, 6) is 0.0326. The molecule has 1 N–H and O–H groups in total. The molecule has 1 amide bonds. The Morgan fingerprint density at radius 3 is 2.42 bits per heavy atom. The number of halogens is 1. The lowest BCUT2D eigenvalue weighted by Gasteiger charge is -2.31. The number of benzene rings is 1. The Hall–Kier alpha value is -1.66. The van der Waals surface area contributed by atoms with Gasteiger partial charge in [-0.2, -0.15) is 4.98 Å². The first-order valence-corrected chi connectivity index (χ1v) is 10.0. The van der Waals surface area contributed by atoms with Gasteiger partial charge in [-0.15, -0.1) is 11.6 Å². The molecule has 0 saturated heterocycles. The van der Waals surface area contributed by atoms with Gasteiger partial charge in [0.05, 0.1) is 10.8 Å². The SMILES string of the molecule is CC(C)N(c1nc(=O)c2cc(NC(=O)C(C)(C)CCl)ccc2s1)C(C)C. The predicted octanol–water partition coefficient (Wildman–Crippen LogP) is 4.48. The average molecular weight is 396 g/mol. The van der Waals surface area contributed by atoms with Crippen LogP contribution in [0.1, 0.15) is 41.5 Å². The van der Waals surface area contributed by atoms with Gasteiger partial charge in [0, 0.05) is 28.4 Å². The molecule has 1 aromatic carbocycles. The molecule has 26 heavy (non-hydrogen) atoms. The monoisotopic (exact) mass is 395 g/mol. The van der Waals surface area contributed by atoms with E-state index in [1.165, 1.54) is 11.3 Å². The zero-order chi connectivity index (χ0) is 19.6. The third kappa shape index (κ3) is 4.35. The van der Waals surface area contributed by atoms with Crippen molar-refractivity contribution in [2.24, 2.45) is 5.41 Å². The lowest BCUT2D eigenvalue weighted by molar-refractivity contribution is -0.122. The molecule has 1 heterocycles. The van der Waals surface area contributed by atoms with E-state index in [1.807, 2.05) is 6.07 Å². The van der Waals surface area contributed by atoms with E-state index >= 15 is 0 Å². The van der Waals surface area contributed by atoms with Crippen LogP contribution >= 0.6 is 22.9 Å². The lowest BCUT2D eigenvalue weighted by Crippen LogP contribution is -2.38. The number of rotatable bonds is 6. The molecular formula is C19H26ClN3O2S. The molecule has 7 heteroatoms. The Morgan fingerprint density at radius 1 is 1.27 bits per heavy atom. The van der Waals surface area contributed by atoms with Crippen LogP contribution in [0.25, 0.3) is 10.1 Å². The molecule has 142 valence electrons. The summed E-state index contributed by atoms with van der Waals surface area (Å²) in [6.07, 6.45) is 0. The quantitative estimate of drug-likeness (QED) is 0.732. The Balaban J connectivity index is 2.43. The van der Waals surface area contributed by atoms with E-state index in [1.54, 1.807) is 26.0 Å². The van der Waals surface area contributed by atoms with Crippen LogP contribution in [0, 0.1) is 5.41 Å². The normalized spacial score (nSPS) is 12.0. The van der Waals surface area contributed by atoms with Crippen molar-refractivity contribution in [1.82, 2.24) is 4.98 Å². The average Bonchev–Trinajstić information content (AvgIpc) is 2.54. The number of amides is 1. The van der Waals surface area contributed by atoms with E-state index in [0.717, 1.165) is 4.70 Å². The van der Waals surface area contributed by atoms with Crippen molar-refractivity contribution >= 4 is 49.7 Å². The third-order valence-corrected chi connectivity index (χ3v) is 5.88. The molecule has 0 unspecified atom stereocenters. The van der Waals surface area contributed by atoms with Crippen LogP contribution in [0.3, 0.4) is 0 Å². The van der Waals surface area contributed by atoms with Crippen LogP contribution in [-0.2, 0) is 4.79 Å². The number of nitrogens with one attached hydrogen (secondary N) is 1. The molecule has 0 aliphatic heterocycles. The number of hydrogen-bond donors (Lipinski definition) is 1. The summed E-state index contributed by atoms with van der Waals surface area (Å²) in [5.41, 5.74) is -0.395. The Kier molecular flexibility index (Phi) is 6.29. The highest BCUT2D eigenvalue weighted by atomic mass is 35.5. The highest BCUT2D eigenvalue weighted by molar-refractivity contribution is 7.21. The third-order valence-electron chi connectivity index (χ3n) is 4.15. The minimum Gasteiger partial charge on any atom is -0.343 e. The Labute approximate surface area is 163 Å². The molecule has 1 aromatic heterocycles. The molecule has 0 atom stereocenters. The first kappa shape index (κ1) is 20.6. The van der Waals surface area contributed by atoms with Crippen molar-refractivity contribution in [3.63, 3.8) is 0 Å². The molecule has 0 aliphatic carbocycles. The predicted molar refractivity (Wildman–Crippen MR) is 112 cm³/mol. The lowest BCUT2D eigenvalue weighted by atomic mass is 9.95. The van der Waals surface area contributed by atoms with E-state index in [2.05, 4.69) is 42.9 Å². The fraction of sp³-hybridized carbons (Fsp3) is 0.526. The molecule has 0 aliphatic rings. The van der Waals surface area contributed by atoms with Crippen LogP contribution in [0.5, 0.6) is 0 Å². The topological polar surface area (TPSA) is 62.3 Å². The molecule has 5 nitrogen and oxygen atoms in total. The van der Waals surface area contributed by atoms with E-state index in [0.29, 0.717) is 16.2 Å². The van der Waals surface area contributed by atoms with Gasteiger partial charge in [0.2, 0.25) is 5.91 Å². The van der Waals surface area contributed by atoms with Crippen LogP contribution < -0.4 is 15.8 Å². The molecule has 0 bridgehead atoms. The van der Waals surface area contributed by atoms with Crippen LogP contribution in [0.15, 0.2) is 23.0 Å². The highest BCUT2D eigenvalue weighted by Gasteiger charge is 2.26.